The first-order valence-electron chi connectivity index (χ1n) is 7.09. The largest absolute Gasteiger partial charge is 0.334 e. The number of rotatable bonds is 4. The number of H-pyrrole nitrogens is 1. The summed E-state index contributed by atoms with van der Waals surface area (Å²) in [6, 6.07) is 7.44. The smallest absolute Gasteiger partial charge is 0.297 e. The number of aromatic amines is 1. The fraction of sp³-hybridized carbons (Fsp3) is 0.375. The van der Waals surface area contributed by atoms with E-state index in [1.807, 2.05) is 19.1 Å². The Morgan fingerprint density at radius 1 is 1.19 bits per heavy atom. The third-order valence-corrected chi connectivity index (χ3v) is 3.79. The molecule has 0 bridgehead atoms. The molecule has 1 aromatic carbocycles. The van der Waals surface area contributed by atoms with Crippen LogP contribution in [0.4, 0.5) is 0 Å². The van der Waals surface area contributed by atoms with Gasteiger partial charge in [-0.25, -0.2) is 9.36 Å². The monoisotopic (exact) mass is 306 g/mol. The van der Waals surface area contributed by atoms with Crippen molar-refractivity contribution in [1.82, 2.24) is 9.55 Å². The van der Waals surface area contributed by atoms with Gasteiger partial charge in [-0.1, -0.05) is 50.9 Å². The summed E-state index contributed by atoms with van der Waals surface area (Å²) in [4.78, 5) is 27.1. The highest BCUT2D eigenvalue weighted by atomic mass is 35.5. The first-order valence-corrected chi connectivity index (χ1v) is 7.47. The summed E-state index contributed by atoms with van der Waals surface area (Å²) < 4.78 is 1.14. The van der Waals surface area contributed by atoms with Gasteiger partial charge in [0.25, 0.3) is 5.56 Å². The summed E-state index contributed by atoms with van der Waals surface area (Å²) >= 11 is 5.97. The maximum atomic E-state index is 12.5. The van der Waals surface area contributed by atoms with Crippen LogP contribution in [-0.4, -0.2) is 9.55 Å². The lowest BCUT2D eigenvalue weighted by Gasteiger charge is -2.10. The second-order valence-electron chi connectivity index (χ2n) is 5.36. The van der Waals surface area contributed by atoms with Gasteiger partial charge >= 0.3 is 5.69 Å². The summed E-state index contributed by atoms with van der Waals surface area (Å²) in [6.45, 7) is 6.15. The van der Waals surface area contributed by atoms with Crippen LogP contribution in [0.5, 0.6) is 0 Å². The van der Waals surface area contributed by atoms with Crippen molar-refractivity contribution in [3.05, 3.63) is 61.4 Å². The molecule has 0 atom stereocenters. The Kier molecular flexibility index (Phi) is 4.68. The summed E-state index contributed by atoms with van der Waals surface area (Å²) in [5, 5.41) is 0.141. The van der Waals surface area contributed by atoms with E-state index in [0.717, 1.165) is 16.6 Å². The molecule has 0 aliphatic heterocycles. The zero-order valence-electron chi connectivity index (χ0n) is 12.4. The number of hydrogen-bond donors (Lipinski definition) is 1. The summed E-state index contributed by atoms with van der Waals surface area (Å²) in [7, 11) is 0. The Morgan fingerprint density at radius 3 is 2.33 bits per heavy atom. The third-order valence-electron chi connectivity index (χ3n) is 3.46. The van der Waals surface area contributed by atoms with E-state index in [4.69, 9.17) is 11.6 Å². The Bertz CT molecular complexity index is 742. The molecular formula is C16H19ClN2O2. The van der Waals surface area contributed by atoms with Crippen LogP contribution in [-0.2, 0) is 6.42 Å². The van der Waals surface area contributed by atoms with Crippen LogP contribution in [0.2, 0.25) is 5.15 Å². The van der Waals surface area contributed by atoms with E-state index in [-0.39, 0.29) is 10.7 Å². The van der Waals surface area contributed by atoms with Crippen molar-refractivity contribution in [2.24, 2.45) is 0 Å². The summed E-state index contributed by atoms with van der Waals surface area (Å²) in [5.74, 6) is 0.398. The van der Waals surface area contributed by atoms with E-state index < -0.39 is 5.69 Å². The first kappa shape index (κ1) is 15.6. The van der Waals surface area contributed by atoms with Crippen LogP contribution in [0, 0.1) is 0 Å². The lowest BCUT2D eigenvalue weighted by atomic mass is 10.0. The topological polar surface area (TPSA) is 54.9 Å². The second-order valence-corrected chi connectivity index (χ2v) is 5.74. The Labute approximate surface area is 128 Å². The van der Waals surface area contributed by atoms with Gasteiger partial charge in [-0.05, 0) is 30.0 Å². The van der Waals surface area contributed by atoms with E-state index in [9.17, 15) is 9.59 Å². The standard InChI is InChI=1S/C16H19ClN2O2/c1-4-5-13-14(17)18-16(21)19(15(13)20)12-8-6-11(7-9-12)10(2)3/h6-10H,4-5H2,1-3H3,(H,18,21). The van der Waals surface area contributed by atoms with Crippen LogP contribution in [0.15, 0.2) is 33.9 Å². The van der Waals surface area contributed by atoms with Gasteiger partial charge < -0.3 is 0 Å². The van der Waals surface area contributed by atoms with E-state index in [1.54, 1.807) is 12.1 Å². The van der Waals surface area contributed by atoms with Crippen LogP contribution in [0.25, 0.3) is 5.69 Å². The molecule has 21 heavy (non-hydrogen) atoms. The first-order chi connectivity index (χ1) is 9.95. The van der Waals surface area contributed by atoms with E-state index >= 15 is 0 Å². The highest BCUT2D eigenvalue weighted by molar-refractivity contribution is 6.30. The van der Waals surface area contributed by atoms with Gasteiger partial charge in [0.05, 0.1) is 11.3 Å². The van der Waals surface area contributed by atoms with Crippen molar-refractivity contribution in [2.75, 3.05) is 0 Å². The Balaban J connectivity index is 2.61. The van der Waals surface area contributed by atoms with Gasteiger partial charge in [0.2, 0.25) is 0 Å². The van der Waals surface area contributed by atoms with Gasteiger partial charge in [0.15, 0.2) is 0 Å². The lowest BCUT2D eigenvalue weighted by molar-refractivity contribution is 0.809. The molecule has 0 aliphatic carbocycles. The normalized spacial score (nSPS) is 11.1. The molecule has 0 unspecified atom stereocenters. The fourth-order valence-electron chi connectivity index (χ4n) is 2.26. The average Bonchev–Trinajstić information content (AvgIpc) is 2.44. The van der Waals surface area contributed by atoms with Crippen molar-refractivity contribution in [2.45, 2.75) is 39.5 Å². The van der Waals surface area contributed by atoms with E-state index in [0.29, 0.717) is 23.6 Å². The molecule has 0 aliphatic rings. The molecule has 1 N–H and O–H groups in total. The minimum Gasteiger partial charge on any atom is -0.297 e. The SMILES string of the molecule is CCCc1c(Cl)[nH]c(=O)n(-c2ccc(C(C)C)cc2)c1=O. The van der Waals surface area contributed by atoms with Crippen molar-refractivity contribution in [3.8, 4) is 5.69 Å². The zero-order chi connectivity index (χ0) is 15.6. The molecule has 2 rings (SSSR count). The number of nitrogens with one attached hydrogen (secondary N) is 1. The summed E-state index contributed by atoms with van der Waals surface area (Å²) in [5.41, 5.74) is 1.31. The molecule has 4 nitrogen and oxygen atoms in total. The highest BCUT2D eigenvalue weighted by Crippen LogP contribution is 2.16. The van der Waals surface area contributed by atoms with E-state index in [2.05, 4.69) is 18.8 Å². The maximum Gasteiger partial charge on any atom is 0.334 e. The van der Waals surface area contributed by atoms with Gasteiger partial charge in [-0.3, -0.25) is 9.78 Å². The zero-order valence-corrected chi connectivity index (χ0v) is 13.2. The number of hydrogen-bond acceptors (Lipinski definition) is 2. The van der Waals surface area contributed by atoms with Gasteiger partial charge in [0.1, 0.15) is 5.15 Å². The molecule has 0 radical (unpaired) electrons. The molecule has 2 aromatic rings. The molecule has 0 spiro atoms. The molecule has 0 saturated heterocycles. The highest BCUT2D eigenvalue weighted by Gasteiger charge is 2.13. The molecule has 0 amide bonds. The lowest BCUT2D eigenvalue weighted by Crippen LogP contribution is -2.36. The van der Waals surface area contributed by atoms with Crippen molar-refractivity contribution >= 4 is 11.6 Å². The number of benzene rings is 1. The van der Waals surface area contributed by atoms with E-state index in [1.165, 1.54) is 0 Å². The molecule has 0 saturated carbocycles. The molecule has 1 aromatic heterocycles. The maximum absolute atomic E-state index is 12.5. The van der Waals surface area contributed by atoms with Crippen molar-refractivity contribution in [3.63, 3.8) is 0 Å². The van der Waals surface area contributed by atoms with Gasteiger partial charge in [0, 0.05) is 0 Å². The number of halogens is 1. The fourth-order valence-corrected chi connectivity index (χ4v) is 2.51. The average molecular weight is 307 g/mol. The summed E-state index contributed by atoms with van der Waals surface area (Å²) in [6.07, 6.45) is 1.33. The predicted molar refractivity (Wildman–Crippen MR) is 85.8 cm³/mol. The molecule has 0 fully saturated rings. The van der Waals surface area contributed by atoms with Crippen LogP contribution < -0.4 is 11.2 Å². The van der Waals surface area contributed by atoms with Crippen LogP contribution in [0.3, 0.4) is 0 Å². The number of nitrogens with zero attached hydrogens (tertiary/aromatic N) is 1. The Hall–Kier alpha value is -1.81. The Morgan fingerprint density at radius 2 is 1.81 bits per heavy atom. The predicted octanol–water partition coefficient (Wildman–Crippen LogP) is 3.26. The van der Waals surface area contributed by atoms with Crippen LogP contribution >= 0.6 is 11.6 Å². The van der Waals surface area contributed by atoms with Crippen molar-refractivity contribution < 1.29 is 0 Å². The minimum absolute atomic E-state index is 0.141. The molecule has 1 heterocycles. The van der Waals surface area contributed by atoms with Crippen molar-refractivity contribution in [1.29, 1.82) is 0 Å². The number of aromatic nitrogens is 2. The third kappa shape index (κ3) is 3.10. The molecule has 112 valence electrons. The molecule has 5 heteroatoms. The molecular weight excluding hydrogens is 288 g/mol. The van der Waals surface area contributed by atoms with Gasteiger partial charge in [-0.15, -0.1) is 0 Å². The van der Waals surface area contributed by atoms with Crippen LogP contribution in [0.1, 0.15) is 44.2 Å². The second kappa shape index (κ2) is 6.31. The minimum atomic E-state index is -0.512. The van der Waals surface area contributed by atoms with Gasteiger partial charge in [-0.2, -0.15) is 0 Å². The quantitative estimate of drug-likeness (QED) is 0.882.